The fourth-order valence-electron chi connectivity index (χ4n) is 9.57. The number of fused-ring (bicyclic) bond motifs is 5. The second-order valence-corrected chi connectivity index (χ2v) is 15.8. The fourth-order valence-corrected chi connectivity index (χ4v) is 9.57. The lowest BCUT2D eigenvalue weighted by molar-refractivity contribution is -0.134. The topological polar surface area (TPSA) is 124 Å². The van der Waals surface area contributed by atoms with Crippen LogP contribution in [0.3, 0.4) is 0 Å². The van der Waals surface area contributed by atoms with Crippen LogP contribution >= 0.6 is 0 Å². The third-order valence-electron chi connectivity index (χ3n) is 12.2. The normalized spacial score (nSPS) is 22.9. The number of phenols is 1. The Kier molecular flexibility index (Phi) is 10.7. The zero-order valence-corrected chi connectivity index (χ0v) is 31.8. The van der Waals surface area contributed by atoms with E-state index in [9.17, 15) is 23.5 Å². The van der Waals surface area contributed by atoms with Crippen molar-refractivity contribution in [2.75, 3.05) is 44.2 Å². The van der Waals surface area contributed by atoms with E-state index in [1.165, 1.54) is 36.5 Å². The van der Waals surface area contributed by atoms with Gasteiger partial charge in [-0.15, -0.1) is 6.42 Å². The van der Waals surface area contributed by atoms with Gasteiger partial charge < -0.3 is 25.0 Å². The summed E-state index contributed by atoms with van der Waals surface area (Å²) in [5, 5.41) is 14.4. The van der Waals surface area contributed by atoms with Crippen LogP contribution in [0.4, 0.5) is 19.0 Å². The van der Waals surface area contributed by atoms with Crippen molar-refractivity contribution < 1.29 is 32.6 Å². The van der Waals surface area contributed by atoms with Gasteiger partial charge in [-0.2, -0.15) is 9.97 Å². The van der Waals surface area contributed by atoms with E-state index in [4.69, 9.17) is 16.1 Å². The number of hydrogen-bond donors (Lipinski definition) is 2. The third kappa shape index (κ3) is 7.33. The molecule has 0 radical (unpaired) electrons. The van der Waals surface area contributed by atoms with Gasteiger partial charge in [0.05, 0.1) is 16.5 Å². The number of unbranched alkanes of at least 4 members (excludes halogenated alkanes) is 3. The molecular formula is C43H46F3N7O4. The summed E-state index contributed by atoms with van der Waals surface area (Å²) in [6, 6.07) is 5.18. The second-order valence-electron chi connectivity index (χ2n) is 15.8. The molecule has 8 rings (SSSR count). The summed E-state index contributed by atoms with van der Waals surface area (Å²) >= 11 is 0. The molecule has 6 heterocycles. The van der Waals surface area contributed by atoms with Crippen molar-refractivity contribution in [1.29, 1.82) is 0 Å². The molecule has 0 spiro atoms. The average molecular weight is 782 g/mol. The molecule has 4 saturated heterocycles. The summed E-state index contributed by atoms with van der Waals surface area (Å²) in [6.45, 7) is 6.21. The van der Waals surface area contributed by atoms with Gasteiger partial charge in [-0.05, 0) is 74.7 Å². The van der Waals surface area contributed by atoms with Crippen molar-refractivity contribution in [3.8, 4) is 35.4 Å². The molecule has 2 N–H and O–H groups in total. The summed E-state index contributed by atoms with van der Waals surface area (Å²) in [7, 11) is 0. The number of ether oxygens (including phenoxy) is 1. The summed E-state index contributed by atoms with van der Waals surface area (Å²) in [6.07, 6.45) is 14.9. The van der Waals surface area contributed by atoms with Crippen LogP contribution in [0.25, 0.3) is 32.9 Å². The van der Waals surface area contributed by atoms with Crippen LogP contribution in [0.2, 0.25) is 0 Å². The Morgan fingerprint density at radius 1 is 1.11 bits per heavy atom. The predicted octanol–water partition coefficient (Wildman–Crippen LogP) is 6.20. The lowest BCUT2D eigenvalue weighted by atomic mass is 9.95. The molecule has 4 atom stereocenters. The van der Waals surface area contributed by atoms with Gasteiger partial charge in [0.25, 0.3) is 0 Å². The Labute approximate surface area is 329 Å². The fraction of sp³-hybridized carbons (Fsp3) is 0.465. The van der Waals surface area contributed by atoms with Crippen molar-refractivity contribution in [1.82, 2.24) is 30.1 Å². The Balaban J connectivity index is 1.09. The molecule has 4 aliphatic heterocycles. The number of terminal acetylenes is 1. The summed E-state index contributed by atoms with van der Waals surface area (Å²) in [5.41, 5.74) is -0.751. The number of nitrogens with zero attached hydrogens (tertiary/aromatic N) is 6. The number of anilines is 1. The number of benzene rings is 2. The van der Waals surface area contributed by atoms with Crippen LogP contribution in [0.15, 0.2) is 43.1 Å². The molecule has 0 aliphatic carbocycles. The van der Waals surface area contributed by atoms with E-state index in [1.54, 1.807) is 0 Å². The Hall–Kier alpha value is -5.42. The van der Waals surface area contributed by atoms with Crippen LogP contribution in [0.5, 0.6) is 11.8 Å². The number of carbonyl (C=O) groups is 2. The highest BCUT2D eigenvalue weighted by molar-refractivity contribution is 6.03. The zero-order chi connectivity index (χ0) is 39.8. The van der Waals surface area contributed by atoms with Crippen molar-refractivity contribution in [3.05, 3.63) is 60.3 Å². The van der Waals surface area contributed by atoms with Gasteiger partial charge >= 0.3 is 6.01 Å². The number of carbonyl (C=O) groups excluding carboxylic acids is 2. The number of nitrogens with one attached hydrogen (secondary N) is 1. The van der Waals surface area contributed by atoms with Gasteiger partial charge in [-0.3, -0.25) is 19.5 Å². The van der Waals surface area contributed by atoms with E-state index in [0.29, 0.717) is 55.6 Å². The largest absolute Gasteiger partial charge is 0.508 e. The molecule has 4 aliphatic rings. The molecule has 4 unspecified atom stereocenters. The van der Waals surface area contributed by atoms with Crippen LogP contribution in [-0.2, 0) is 9.59 Å². The molecule has 14 heteroatoms. The first-order valence-electron chi connectivity index (χ1n) is 19.9. The average Bonchev–Trinajstić information content (AvgIpc) is 3.82. The second kappa shape index (κ2) is 15.8. The highest BCUT2D eigenvalue weighted by Gasteiger charge is 2.49. The zero-order valence-electron chi connectivity index (χ0n) is 31.8. The minimum Gasteiger partial charge on any atom is -0.508 e. The maximum atomic E-state index is 17.1. The molecule has 2 bridgehead atoms. The number of amides is 2. The molecule has 11 nitrogen and oxygen atoms in total. The number of aromatic hydroxyl groups is 1. The van der Waals surface area contributed by atoms with Crippen molar-refractivity contribution in [2.45, 2.75) is 88.0 Å². The summed E-state index contributed by atoms with van der Waals surface area (Å²) in [4.78, 5) is 45.1. The molecule has 0 saturated carbocycles. The number of alkyl halides is 1. The van der Waals surface area contributed by atoms with Crippen LogP contribution in [0, 0.1) is 24.0 Å². The van der Waals surface area contributed by atoms with Crippen molar-refractivity contribution >= 4 is 39.3 Å². The monoisotopic (exact) mass is 781 g/mol. The standard InChI is InChI=1S/C43H46F3N7O4/c1-3-31-34(45)14-11-26-18-30(54)19-32(37(26)31)39-38(46)40-33(21-48-39)41(50-42(49-40)57-25-43-15-9-17-52(43)22-27(44)20-43)51-23-28-12-13-29(24-51)53(28)36(56)10-7-5-6-8-16-47-35(55)4-2/h1,4,11,14,18-19,21,27-29,54H,2,5-10,12-13,15-17,20,22-25H2,(H,47,55). The Bertz CT molecular complexity index is 2270. The van der Waals surface area contributed by atoms with E-state index in [1.807, 2.05) is 9.80 Å². The number of rotatable bonds is 13. The smallest absolute Gasteiger partial charge is 0.319 e. The molecule has 57 heavy (non-hydrogen) atoms. The van der Waals surface area contributed by atoms with E-state index in [2.05, 4.69) is 32.7 Å². The maximum absolute atomic E-state index is 17.1. The van der Waals surface area contributed by atoms with Crippen molar-refractivity contribution in [2.24, 2.45) is 0 Å². The van der Waals surface area contributed by atoms with Crippen molar-refractivity contribution in [3.63, 3.8) is 0 Å². The van der Waals surface area contributed by atoms with E-state index in [0.717, 1.165) is 57.9 Å². The lowest BCUT2D eigenvalue weighted by Gasteiger charge is -2.42. The van der Waals surface area contributed by atoms with Gasteiger partial charge in [0.1, 0.15) is 41.4 Å². The molecule has 2 aromatic carbocycles. The highest BCUT2D eigenvalue weighted by atomic mass is 19.1. The molecule has 4 aromatic rings. The summed E-state index contributed by atoms with van der Waals surface area (Å²) < 4.78 is 53.0. The van der Waals surface area contributed by atoms with Gasteiger partial charge in [-0.1, -0.05) is 31.4 Å². The Morgan fingerprint density at radius 2 is 1.89 bits per heavy atom. The minimum absolute atomic E-state index is 0.0666. The van der Waals surface area contributed by atoms with Gasteiger partial charge in [0, 0.05) is 68.3 Å². The minimum atomic E-state index is -0.964. The molecule has 4 fully saturated rings. The number of piperazine rings is 1. The SMILES string of the molecule is C#Cc1c(F)ccc2cc(O)cc(-c3ncc4c(N5CC6CCC(C5)N6C(=O)CCCCCCNC(=O)C=C)nc(OCC56CCCN5CC(F)C6)nc4c3F)c12. The number of pyridine rings is 1. The van der Waals surface area contributed by atoms with E-state index < -0.39 is 23.3 Å². The van der Waals surface area contributed by atoms with Gasteiger partial charge in [0.2, 0.25) is 11.8 Å². The molecule has 298 valence electrons. The molecular weight excluding hydrogens is 736 g/mol. The third-order valence-corrected chi connectivity index (χ3v) is 12.2. The lowest BCUT2D eigenvalue weighted by Crippen LogP contribution is -2.56. The van der Waals surface area contributed by atoms with Gasteiger partial charge in [0.15, 0.2) is 5.82 Å². The van der Waals surface area contributed by atoms with E-state index >= 15 is 4.39 Å². The highest BCUT2D eigenvalue weighted by Crippen LogP contribution is 2.42. The van der Waals surface area contributed by atoms with Crippen LogP contribution in [0.1, 0.15) is 69.8 Å². The first kappa shape index (κ1) is 38.5. The number of phenolic OH excluding ortho intramolecular Hbond substituents is 1. The first-order chi connectivity index (χ1) is 27.6. The number of hydrogen-bond acceptors (Lipinski definition) is 9. The molecule has 2 amide bonds. The van der Waals surface area contributed by atoms with Crippen LogP contribution < -0.4 is 15.0 Å². The summed E-state index contributed by atoms with van der Waals surface area (Å²) in [5.74, 6) is 1.02. The first-order valence-corrected chi connectivity index (χ1v) is 19.9. The maximum Gasteiger partial charge on any atom is 0.319 e. The van der Waals surface area contributed by atoms with Gasteiger partial charge in [-0.25, -0.2) is 13.2 Å². The Morgan fingerprint density at radius 3 is 2.67 bits per heavy atom. The quantitative estimate of drug-likeness (QED) is 0.0928. The molecule has 2 aromatic heterocycles. The predicted molar refractivity (Wildman–Crippen MR) is 210 cm³/mol. The number of aromatic nitrogens is 3. The van der Waals surface area contributed by atoms with Crippen LogP contribution in [-0.4, -0.2) is 105 Å². The number of halogens is 3. The van der Waals surface area contributed by atoms with E-state index in [-0.39, 0.29) is 70.0 Å².